The molecule has 0 bridgehead atoms. The summed E-state index contributed by atoms with van der Waals surface area (Å²) in [7, 11) is 1.52. The Morgan fingerprint density at radius 2 is 1.68 bits per heavy atom. The lowest BCUT2D eigenvalue weighted by molar-refractivity contribution is 0.0699. The van der Waals surface area contributed by atoms with Crippen LogP contribution in [0, 0.1) is 0 Å². The molecule has 0 atom stereocenters. The number of carboxylic acids is 1. The minimum atomic E-state index is -1.03. The van der Waals surface area contributed by atoms with Gasteiger partial charge in [0.2, 0.25) is 0 Å². The van der Waals surface area contributed by atoms with Crippen molar-refractivity contribution in [2.45, 2.75) is 0 Å². The molecule has 0 aliphatic rings. The van der Waals surface area contributed by atoms with E-state index in [1.54, 1.807) is 12.1 Å². The lowest BCUT2D eigenvalue weighted by atomic mass is 10.1. The van der Waals surface area contributed by atoms with Crippen LogP contribution in [0.25, 0.3) is 22.1 Å². The fraction of sp³-hybridized carbons (Fsp3) is 0.0714. The zero-order valence-corrected chi connectivity index (χ0v) is 10.1. The average molecular weight is 254 g/mol. The largest absolute Gasteiger partial charge is 0.494 e. The Morgan fingerprint density at radius 3 is 2.26 bits per heavy atom. The molecule has 0 unspecified atom stereocenters. The Hall–Kier alpha value is -2.69. The smallest absolute Gasteiger partial charge is 0.337 e. The molecule has 0 aliphatic carbocycles. The third-order valence-electron chi connectivity index (χ3n) is 2.91. The van der Waals surface area contributed by atoms with Gasteiger partial charge >= 0.3 is 5.97 Å². The summed E-state index contributed by atoms with van der Waals surface area (Å²) in [6.45, 7) is 0. The van der Waals surface area contributed by atoms with Crippen molar-refractivity contribution in [1.82, 2.24) is 9.97 Å². The number of hydrogen-bond donors (Lipinski definition) is 1. The molecule has 3 aromatic rings. The number of carbonyl (C=O) groups is 1. The molecule has 0 radical (unpaired) electrons. The van der Waals surface area contributed by atoms with Gasteiger partial charge in [-0.2, -0.15) is 0 Å². The van der Waals surface area contributed by atoms with Crippen molar-refractivity contribution in [3.8, 4) is 5.75 Å². The van der Waals surface area contributed by atoms with Crippen LogP contribution in [0.1, 0.15) is 10.4 Å². The van der Waals surface area contributed by atoms with E-state index in [9.17, 15) is 9.90 Å². The van der Waals surface area contributed by atoms with Crippen molar-refractivity contribution in [3.05, 3.63) is 42.0 Å². The molecule has 0 fully saturated rings. The summed E-state index contributed by atoms with van der Waals surface area (Å²) in [4.78, 5) is 20.1. The van der Waals surface area contributed by atoms with Crippen LogP contribution >= 0.6 is 0 Å². The van der Waals surface area contributed by atoms with Crippen LogP contribution < -0.4 is 4.74 Å². The third-order valence-corrected chi connectivity index (χ3v) is 2.91. The molecule has 5 nitrogen and oxygen atoms in total. The van der Waals surface area contributed by atoms with E-state index in [0.717, 1.165) is 0 Å². The van der Waals surface area contributed by atoms with Crippen LogP contribution in [-0.2, 0) is 0 Å². The molecule has 3 rings (SSSR count). The average Bonchev–Trinajstić information content (AvgIpc) is 2.43. The first kappa shape index (κ1) is 11.4. The normalized spacial score (nSPS) is 10.8. The maximum atomic E-state index is 11.2. The Balaban J connectivity index is 2.49. The first-order valence-corrected chi connectivity index (χ1v) is 5.67. The molecule has 1 N–H and O–H groups in total. The summed E-state index contributed by atoms with van der Waals surface area (Å²) in [5, 5.41) is 9.21. The highest BCUT2D eigenvalue weighted by Gasteiger charge is 2.15. The second kappa shape index (κ2) is 4.20. The van der Waals surface area contributed by atoms with E-state index in [4.69, 9.17) is 4.74 Å². The predicted octanol–water partition coefficient (Wildman–Crippen LogP) is 2.49. The summed E-state index contributed by atoms with van der Waals surface area (Å²) in [5.74, 6) is -0.518. The summed E-state index contributed by atoms with van der Waals surface area (Å²) in [6.07, 6.45) is 0. The Labute approximate surface area is 108 Å². The van der Waals surface area contributed by atoms with Crippen molar-refractivity contribution in [2.24, 2.45) is 0 Å². The van der Waals surface area contributed by atoms with E-state index in [0.29, 0.717) is 27.8 Å². The number of para-hydroxylation sites is 2. The number of fused-ring (bicyclic) bond motifs is 2. The molecule has 1 aromatic heterocycles. The van der Waals surface area contributed by atoms with Crippen LogP contribution in [0.4, 0.5) is 0 Å². The fourth-order valence-electron chi connectivity index (χ4n) is 2.01. The highest BCUT2D eigenvalue weighted by atomic mass is 16.5. The first-order valence-electron chi connectivity index (χ1n) is 5.67. The van der Waals surface area contributed by atoms with Crippen molar-refractivity contribution in [2.75, 3.05) is 7.11 Å². The monoisotopic (exact) mass is 254 g/mol. The van der Waals surface area contributed by atoms with Gasteiger partial charge in [0.15, 0.2) is 0 Å². The molecular weight excluding hydrogens is 244 g/mol. The van der Waals surface area contributed by atoms with Crippen LogP contribution in [-0.4, -0.2) is 28.2 Å². The lowest BCUT2D eigenvalue weighted by Gasteiger charge is -2.07. The van der Waals surface area contributed by atoms with Crippen LogP contribution in [0.3, 0.4) is 0 Å². The van der Waals surface area contributed by atoms with Gasteiger partial charge < -0.3 is 9.84 Å². The molecule has 0 amide bonds. The maximum Gasteiger partial charge on any atom is 0.337 e. The highest BCUT2D eigenvalue weighted by molar-refractivity contribution is 6.04. The van der Waals surface area contributed by atoms with E-state index in [1.165, 1.54) is 13.2 Å². The first-order chi connectivity index (χ1) is 9.20. The molecule has 19 heavy (non-hydrogen) atoms. The van der Waals surface area contributed by atoms with Gasteiger partial charge in [-0.05, 0) is 24.3 Å². The summed E-state index contributed by atoms with van der Waals surface area (Å²) < 4.78 is 5.22. The maximum absolute atomic E-state index is 11.2. The van der Waals surface area contributed by atoms with Gasteiger partial charge in [0, 0.05) is 0 Å². The summed E-state index contributed by atoms with van der Waals surface area (Å²) in [5.41, 5.74) is 2.28. The number of methoxy groups -OCH3 is 1. The quantitative estimate of drug-likeness (QED) is 0.711. The van der Waals surface area contributed by atoms with Crippen molar-refractivity contribution in [1.29, 1.82) is 0 Å². The van der Waals surface area contributed by atoms with E-state index < -0.39 is 5.97 Å². The number of benzene rings is 2. The van der Waals surface area contributed by atoms with Crippen molar-refractivity contribution < 1.29 is 14.6 Å². The minimum Gasteiger partial charge on any atom is -0.494 e. The zero-order chi connectivity index (χ0) is 13.4. The van der Waals surface area contributed by atoms with Gasteiger partial charge in [0.25, 0.3) is 0 Å². The highest BCUT2D eigenvalue weighted by Crippen LogP contribution is 2.27. The number of carboxylic acid groups (broad SMARTS) is 1. The number of ether oxygens (including phenoxy) is 1. The number of nitrogens with zero attached hydrogens (tertiary/aromatic N) is 2. The molecule has 5 heteroatoms. The van der Waals surface area contributed by atoms with E-state index in [1.807, 2.05) is 18.2 Å². The van der Waals surface area contributed by atoms with Gasteiger partial charge in [-0.1, -0.05) is 12.1 Å². The van der Waals surface area contributed by atoms with Gasteiger partial charge in [-0.15, -0.1) is 0 Å². The van der Waals surface area contributed by atoms with Crippen LogP contribution in [0.2, 0.25) is 0 Å². The Bertz CT molecular complexity index is 799. The third kappa shape index (κ3) is 1.76. The Kier molecular flexibility index (Phi) is 2.52. The van der Waals surface area contributed by atoms with Crippen LogP contribution in [0.5, 0.6) is 5.75 Å². The summed E-state index contributed by atoms with van der Waals surface area (Å²) >= 11 is 0. The second-order valence-electron chi connectivity index (χ2n) is 4.03. The molecule has 0 aliphatic heterocycles. The number of hydrogen-bond acceptors (Lipinski definition) is 4. The van der Waals surface area contributed by atoms with E-state index in [-0.39, 0.29) is 5.56 Å². The SMILES string of the molecule is COc1ccc(C(=O)O)c2nc3ccccc3nc12. The van der Waals surface area contributed by atoms with Gasteiger partial charge in [-0.25, -0.2) is 14.8 Å². The predicted molar refractivity (Wildman–Crippen MR) is 70.6 cm³/mol. The molecule has 0 spiro atoms. The zero-order valence-electron chi connectivity index (χ0n) is 10.1. The molecule has 0 saturated heterocycles. The second-order valence-corrected chi connectivity index (χ2v) is 4.03. The van der Waals surface area contributed by atoms with Crippen LogP contribution in [0.15, 0.2) is 36.4 Å². The molecule has 2 aromatic carbocycles. The number of aromatic nitrogens is 2. The summed E-state index contributed by atoms with van der Waals surface area (Å²) in [6, 6.07) is 10.4. The molecule has 1 heterocycles. The standard InChI is InChI=1S/C14H10N2O3/c1-19-11-7-6-8(14(17)18)12-13(11)16-10-5-3-2-4-9(10)15-12/h2-7H,1H3,(H,17,18). The lowest BCUT2D eigenvalue weighted by Crippen LogP contribution is -2.01. The topological polar surface area (TPSA) is 72.3 Å². The van der Waals surface area contributed by atoms with Gasteiger partial charge in [-0.3, -0.25) is 0 Å². The van der Waals surface area contributed by atoms with Gasteiger partial charge in [0.1, 0.15) is 16.8 Å². The molecule has 0 saturated carbocycles. The van der Waals surface area contributed by atoms with E-state index in [2.05, 4.69) is 9.97 Å². The van der Waals surface area contributed by atoms with Gasteiger partial charge in [0.05, 0.1) is 23.7 Å². The molecule has 94 valence electrons. The van der Waals surface area contributed by atoms with E-state index >= 15 is 0 Å². The van der Waals surface area contributed by atoms with Crippen molar-refractivity contribution >= 4 is 28.0 Å². The Morgan fingerprint density at radius 1 is 1.05 bits per heavy atom. The molecular formula is C14H10N2O3. The number of aromatic carboxylic acids is 1. The number of rotatable bonds is 2. The fourth-order valence-corrected chi connectivity index (χ4v) is 2.01. The van der Waals surface area contributed by atoms with Crippen molar-refractivity contribution in [3.63, 3.8) is 0 Å². The minimum absolute atomic E-state index is 0.119.